The molecule has 16 nitrogen and oxygen atoms in total. The van der Waals surface area contributed by atoms with Gasteiger partial charge in [-0.1, -0.05) is 11.8 Å². The van der Waals surface area contributed by atoms with Crippen LogP contribution in [0, 0.1) is 0 Å². The molecule has 1 fully saturated rings. The van der Waals surface area contributed by atoms with Crippen molar-refractivity contribution in [1.29, 1.82) is 0 Å². The maximum Gasteiger partial charge on any atom is 0.510 e. The van der Waals surface area contributed by atoms with E-state index >= 15 is 0 Å². The Kier molecular flexibility index (Phi) is 11.3. The Morgan fingerprint density at radius 3 is 2.04 bits per heavy atom. The molecule has 258 valence electrons. The van der Waals surface area contributed by atoms with Gasteiger partial charge in [-0.2, -0.15) is 4.98 Å². The average Bonchev–Trinajstić information content (AvgIpc) is 3.62. The van der Waals surface area contributed by atoms with E-state index < -0.39 is 56.6 Å². The summed E-state index contributed by atoms with van der Waals surface area (Å²) in [7, 11) is -2.56. The predicted octanol–water partition coefficient (Wildman–Crippen LogP) is 6.12. The van der Waals surface area contributed by atoms with Gasteiger partial charge in [-0.05, 0) is 78.6 Å². The van der Waals surface area contributed by atoms with Gasteiger partial charge in [0.15, 0.2) is 5.65 Å². The molecule has 1 saturated carbocycles. The van der Waals surface area contributed by atoms with Gasteiger partial charge in [-0.3, -0.25) is 13.6 Å². The molecule has 4 rings (SSSR count). The number of hydrogen-bond acceptors (Lipinski definition) is 16. The van der Waals surface area contributed by atoms with Gasteiger partial charge in [-0.15, -0.1) is 0 Å². The van der Waals surface area contributed by atoms with Gasteiger partial charge < -0.3 is 38.7 Å². The molecular weight excluding hydrogens is 657 g/mol. The maximum absolute atomic E-state index is 13.6. The Labute approximate surface area is 276 Å². The van der Waals surface area contributed by atoms with Gasteiger partial charge in [0.25, 0.3) is 0 Å². The topological polar surface area (TPSA) is 195 Å². The predicted molar refractivity (Wildman–Crippen MR) is 169 cm³/mol. The first-order valence-corrected chi connectivity index (χ1v) is 17.1. The minimum absolute atomic E-state index is 0.0716. The van der Waals surface area contributed by atoms with Crippen LogP contribution in [0.1, 0.15) is 54.4 Å². The summed E-state index contributed by atoms with van der Waals surface area (Å²) in [5, 5.41) is 0.573. The normalized spacial score (nSPS) is 14.4. The van der Waals surface area contributed by atoms with Crippen molar-refractivity contribution in [3.63, 3.8) is 0 Å². The number of fused-ring (bicyclic) bond motifs is 1. The Hall–Kier alpha value is -3.63. The van der Waals surface area contributed by atoms with Crippen molar-refractivity contribution in [2.45, 2.75) is 87.7 Å². The van der Waals surface area contributed by atoms with Crippen LogP contribution in [0.15, 0.2) is 40.5 Å². The van der Waals surface area contributed by atoms with Crippen LogP contribution in [0.2, 0.25) is 0 Å². The number of nitrogens with two attached hydrogens (primary N) is 1. The number of rotatable bonds is 14. The second kappa shape index (κ2) is 14.6. The quantitative estimate of drug-likeness (QED) is 0.0875. The molecule has 1 aliphatic rings. The Morgan fingerprint density at radius 1 is 0.957 bits per heavy atom. The van der Waals surface area contributed by atoms with E-state index in [4.69, 9.17) is 43.2 Å². The Bertz CT molecular complexity index is 1560. The van der Waals surface area contributed by atoms with E-state index in [2.05, 4.69) is 15.0 Å². The smallest absolute Gasteiger partial charge is 0.497 e. The summed E-state index contributed by atoms with van der Waals surface area (Å²) in [5.41, 5.74) is 4.71. The second-order valence-corrected chi connectivity index (χ2v) is 15.5. The molecule has 18 heteroatoms. The Morgan fingerprint density at radius 2 is 1.53 bits per heavy atom. The number of carbonyl (C=O) groups excluding carboxylic acids is 2. The molecule has 1 aliphatic carbocycles. The van der Waals surface area contributed by atoms with E-state index in [0.29, 0.717) is 29.0 Å². The number of aromatic nitrogens is 4. The lowest BCUT2D eigenvalue weighted by Gasteiger charge is -2.23. The van der Waals surface area contributed by atoms with E-state index in [0.717, 1.165) is 10.6 Å². The minimum atomic E-state index is -4.16. The summed E-state index contributed by atoms with van der Waals surface area (Å²) in [5.74, 6) is 0.800. The number of ether oxygens (including phenoxy) is 6. The number of nitrogen functional groups attached to an aromatic ring is 1. The van der Waals surface area contributed by atoms with Crippen molar-refractivity contribution in [2.75, 3.05) is 32.8 Å². The maximum atomic E-state index is 13.6. The molecular formula is C29H40N5O11PS. The molecule has 0 amide bonds. The molecule has 0 spiro atoms. The molecule has 1 aromatic carbocycles. The molecule has 0 aliphatic heterocycles. The highest BCUT2D eigenvalue weighted by Crippen LogP contribution is 2.52. The molecule has 2 N–H and O–H groups in total. The first-order chi connectivity index (χ1) is 22.0. The third-order valence-electron chi connectivity index (χ3n) is 6.15. The fraction of sp³-hybridized carbons (Fsp3) is 0.552. The van der Waals surface area contributed by atoms with Crippen molar-refractivity contribution in [3.8, 4) is 5.75 Å². The molecule has 0 atom stereocenters. The van der Waals surface area contributed by atoms with Crippen LogP contribution >= 0.6 is 19.4 Å². The van der Waals surface area contributed by atoms with Crippen molar-refractivity contribution >= 4 is 48.8 Å². The molecule has 2 aromatic heterocycles. The van der Waals surface area contributed by atoms with Gasteiger partial charge in [-0.25, -0.2) is 19.6 Å². The first kappa shape index (κ1) is 36.2. The van der Waals surface area contributed by atoms with Crippen LogP contribution in [-0.4, -0.2) is 75.7 Å². The molecule has 47 heavy (non-hydrogen) atoms. The zero-order valence-corrected chi connectivity index (χ0v) is 29.1. The standard InChI is InChI=1S/C29H40N5O11PS/c1-27(2,3)44-25(35)39-16-42-46(37,43-17-40-26(36)45-28(4,5)6)18-41-29(12-13-29)14-34-15-31-21-22(34)32-24(30)33-23(21)47-20-10-8-19(38-7)9-11-20/h8-11,15H,12-14,16-18H2,1-7H3,(H2,30,32,33). The third-order valence-corrected chi connectivity index (χ3v) is 8.58. The van der Waals surface area contributed by atoms with Crippen molar-refractivity contribution in [2.24, 2.45) is 0 Å². The lowest BCUT2D eigenvalue weighted by molar-refractivity contribution is -0.0568. The average molecular weight is 698 g/mol. The fourth-order valence-electron chi connectivity index (χ4n) is 3.87. The summed E-state index contributed by atoms with van der Waals surface area (Å²) in [6, 6.07) is 7.49. The largest absolute Gasteiger partial charge is 0.510 e. The number of hydrogen-bond donors (Lipinski definition) is 1. The highest BCUT2D eigenvalue weighted by atomic mass is 32.2. The number of anilines is 1. The van der Waals surface area contributed by atoms with E-state index in [1.165, 1.54) is 11.8 Å². The zero-order valence-electron chi connectivity index (χ0n) is 27.3. The van der Waals surface area contributed by atoms with Crippen molar-refractivity contribution in [1.82, 2.24) is 19.5 Å². The van der Waals surface area contributed by atoms with Crippen LogP contribution in [0.4, 0.5) is 15.5 Å². The van der Waals surface area contributed by atoms with E-state index in [9.17, 15) is 14.2 Å². The number of benzene rings is 1. The third kappa shape index (κ3) is 11.2. The molecule has 3 aromatic rings. The van der Waals surface area contributed by atoms with Crippen LogP contribution in [0.3, 0.4) is 0 Å². The number of imidazole rings is 1. The number of carbonyl (C=O) groups is 2. The lowest BCUT2D eigenvalue weighted by Crippen LogP contribution is -2.26. The molecule has 0 saturated heterocycles. The van der Waals surface area contributed by atoms with E-state index in [1.54, 1.807) is 59.5 Å². The van der Waals surface area contributed by atoms with Gasteiger partial charge in [0.1, 0.15) is 33.8 Å². The molecule has 0 radical (unpaired) electrons. The molecule has 2 heterocycles. The number of nitrogens with zero attached hydrogens (tertiary/aromatic N) is 4. The number of methoxy groups -OCH3 is 1. The van der Waals surface area contributed by atoms with Crippen LogP contribution in [0.5, 0.6) is 5.75 Å². The summed E-state index contributed by atoms with van der Waals surface area (Å²) in [6.45, 7) is 8.69. The summed E-state index contributed by atoms with van der Waals surface area (Å²) < 4.78 is 57.3. The van der Waals surface area contributed by atoms with Gasteiger partial charge in [0.2, 0.25) is 19.5 Å². The van der Waals surface area contributed by atoms with Crippen LogP contribution in [-0.2, 0) is 43.8 Å². The highest BCUT2D eigenvalue weighted by molar-refractivity contribution is 7.99. The fourth-order valence-corrected chi connectivity index (χ4v) is 5.83. The van der Waals surface area contributed by atoms with Crippen LogP contribution < -0.4 is 10.5 Å². The summed E-state index contributed by atoms with van der Waals surface area (Å²) >= 11 is 1.38. The van der Waals surface area contributed by atoms with Gasteiger partial charge in [0.05, 0.1) is 25.6 Å². The lowest BCUT2D eigenvalue weighted by atomic mass is 10.2. The Balaban J connectivity index is 1.43. The second-order valence-electron chi connectivity index (χ2n) is 12.5. The first-order valence-electron chi connectivity index (χ1n) is 14.5. The van der Waals surface area contributed by atoms with Crippen LogP contribution in [0.25, 0.3) is 11.2 Å². The van der Waals surface area contributed by atoms with Crippen molar-refractivity contribution < 1.29 is 51.6 Å². The SMILES string of the molecule is COc1ccc(Sc2nc(N)nc3c2ncn3CC2(OCP(=O)(OCOC(=O)OC(C)(C)C)OCOC(=O)OC(C)(C)C)CC2)cc1. The molecule has 0 unspecified atom stereocenters. The summed E-state index contributed by atoms with van der Waals surface area (Å²) in [4.78, 5) is 38.2. The molecule has 0 bridgehead atoms. The van der Waals surface area contributed by atoms with Gasteiger partial charge in [0, 0.05) is 4.90 Å². The van der Waals surface area contributed by atoms with Gasteiger partial charge >= 0.3 is 19.9 Å². The van der Waals surface area contributed by atoms with E-state index in [1.807, 2.05) is 24.3 Å². The monoisotopic (exact) mass is 697 g/mol. The zero-order chi connectivity index (χ0) is 34.5. The highest BCUT2D eigenvalue weighted by Gasteiger charge is 2.47. The summed E-state index contributed by atoms with van der Waals surface area (Å²) in [6.07, 6.45) is 0.214. The van der Waals surface area contributed by atoms with E-state index in [-0.39, 0.29) is 12.5 Å². The minimum Gasteiger partial charge on any atom is -0.497 e. The van der Waals surface area contributed by atoms with Crippen molar-refractivity contribution in [3.05, 3.63) is 30.6 Å².